The van der Waals surface area contributed by atoms with E-state index < -0.39 is 0 Å². The van der Waals surface area contributed by atoms with Gasteiger partial charge in [0.05, 0.1) is 11.3 Å². The number of nitrogens with one attached hydrogen (secondary N) is 2. The Morgan fingerprint density at radius 3 is 2.44 bits per heavy atom. The topological polar surface area (TPSA) is 54.0 Å². The van der Waals surface area contributed by atoms with Crippen LogP contribution in [0.2, 0.25) is 0 Å². The van der Waals surface area contributed by atoms with Crippen molar-refractivity contribution >= 4 is 17.3 Å². The van der Waals surface area contributed by atoms with Crippen LogP contribution in [0.5, 0.6) is 0 Å². The number of hydrogen-bond donors (Lipinski definition) is 2. The maximum Gasteiger partial charge on any atom is 0.257 e. The molecule has 4 heteroatoms. The Morgan fingerprint density at radius 2 is 1.70 bits per heavy atom. The summed E-state index contributed by atoms with van der Waals surface area (Å²) in [5, 5.41) is 6.36. The molecule has 2 aromatic carbocycles. The van der Waals surface area contributed by atoms with Gasteiger partial charge in [-0.25, -0.2) is 0 Å². The van der Waals surface area contributed by atoms with Crippen LogP contribution in [0.3, 0.4) is 0 Å². The Morgan fingerprint density at radius 1 is 0.963 bits per heavy atom. The molecule has 1 amide bonds. The van der Waals surface area contributed by atoms with E-state index in [0.29, 0.717) is 5.56 Å². The maximum atomic E-state index is 12.6. The molecule has 0 spiro atoms. The number of para-hydroxylation sites is 1. The fraction of sp³-hybridized carbons (Fsp3) is 0.217. The van der Waals surface area contributed by atoms with Gasteiger partial charge in [0.2, 0.25) is 0 Å². The second kappa shape index (κ2) is 8.99. The Balaban J connectivity index is 1.57. The largest absolute Gasteiger partial charge is 0.384 e. The highest BCUT2D eigenvalue weighted by Crippen LogP contribution is 2.20. The number of aryl methyl sites for hydroxylation is 3. The molecule has 0 aliphatic carbocycles. The highest BCUT2D eigenvalue weighted by molar-refractivity contribution is 6.05. The van der Waals surface area contributed by atoms with Gasteiger partial charge in [0.15, 0.2) is 0 Å². The lowest BCUT2D eigenvalue weighted by atomic mass is 10.1. The van der Waals surface area contributed by atoms with Gasteiger partial charge in [0, 0.05) is 24.6 Å². The van der Waals surface area contributed by atoms with Crippen LogP contribution < -0.4 is 10.6 Å². The molecule has 2 N–H and O–H groups in total. The van der Waals surface area contributed by atoms with Crippen molar-refractivity contribution in [3.8, 4) is 0 Å². The smallest absolute Gasteiger partial charge is 0.257 e. The van der Waals surface area contributed by atoms with Crippen LogP contribution in [0.25, 0.3) is 0 Å². The molecule has 138 valence electrons. The summed E-state index contributed by atoms with van der Waals surface area (Å²) in [5.41, 5.74) is 5.70. The van der Waals surface area contributed by atoms with Crippen molar-refractivity contribution in [1.29, 1.82) is 0 Å². The van der Waals surface area contributed by atoms with E-state index in [4.69, 9.17) is 0 Å². The van der Waals surface area contributed by atoms with Crippen LogP contribution in [0.15, 0.2) is 67.0 Å². The molecule has 0 fully saturated rings. The standard InChI is InChI=1S/C23H25N3O/c1-17-8-6-9-18(2)22(17)26-23(27)20-14-21(16-24-15-20)25-13-7-12-19-10-4-3-5-11-19/h3-6,8-11,14-16,25H,7,12-13H2,1-2H3,(H,26,27). The van der Waals surface area contributed by atoms with E-state index in [1.165, 1.54) is 5.56 Å². The van der Waals surface area contributed by atoms with Gasteiger partial charge in [-0.3, -0.25) is 9.78 Å². The molecule has 1 aromatic heterocycles. The molecule has 0 saturated carbocycles. The lowest BCUT2D eigenvalue weighted by Gasteiger charge is -2.12. The van der Waals surface area contributed by atoms with E-state index >= 15 is 0 Å². The Kier molecular flexibility index (Phi) is 6.21. The zero-order valence-electron chi connectivity index (χ0n) is 15.8. The van der Waals surface area contributed by atoms with Crippen molar-refractivity contribution in [3.63, 3.8) is 0 Å². The Hall–Kier alpha value is -3.14. The summed E-state index contributed by atoms with van der Waals surface area (Å²) in [6, 6.07) is 18.2. The molecule has 0 aliphatic rings. The number of nitrogens with zero attached hydrogens (tertiary/aromatic N) is 1. The molecule has 0 radical (unpaired) electrons. The fourth-order valence-electron chi connectivity index (χ4n) is 3.03. The van der Waals surface area contributed by atoms with Crippen LogP contribution in [-0.4, -0.2) is 17.4 Å². The lowest BCUT2D eigenvalue weighted by molar-refractivity contribution is 0.102. The third-order valence-corrected chi connectivity index (χ3v) is 4.53. The van der Waals surface area contributed by atoms with Gasteiger partial charge in [0.25, 0.3) is 5.91 Å². The third-order valence-electron chi connectivity index (χ3n) is 4.53. The molecule has 4 nitrogen and oxygen atoms in total. The van der Waals surface area contributed by atoms with E-state index in [-0.39, 0.29) is 5.91 Å². The van der Waals surface area contributed by atoms with Crippen LogP contribution in [0.1, 0.15) is 33.5 Å². The zero-order valence-corrected chi connectivity index (χ0v) is 15.8. The second-order valence-corrected chi connectivity index (χ2v) is 6.70. The van der Waals surface area contributed by atoms with Crippen molar-refractivity contribution in [2.24, 2.45) is 0 Å². The summed E-state index contributed by atoms with van der Waals surface area (Å²) >= 11 is 0. The molecule has 0 bridgehead atoms. The summed E-state index contributed by atoms with van der Waals surface area (Å²) in [4.78, 5) is 16.8. The van der Waals surface area contributed by atoms with Crippen LogP contribution in [0.4, 0.5) is 11.4 Å². The van der Waals surface area contributed by atoms with Gasteiger partial charge in [-0.05, 0) is 49.4 Å². The SMILES string of the molecule is Cc1cccc(C)c1NC(=O)c1cncc(NCCCc2ccccc2)c1. The summed E-state index contributed by atoms with van der Waals surface area (Å²) in [6.07, 6.45) is 5.38. The van der Waals surface area contributed by atoms with Gasteiger partial charge >= 0.3 is 0 Å². The quantitative estimate of drug-likeness (QED) is 0.584. The maximum absolute atomic E-state index is 12.6. The first-order valence-electron chi connectivity index (χ1n) is 9.24. The minimum Gasteiger partial charge on any atom is -0.384 e. The normalized spacial score (nSPS) is 10.4. The number of aromatic nitrogens is 1. The predicted molar refractivity (Wildman–Crippen MR) is 111 cm³/mol. The highest BCUT2D eigenvalue weighted by atomic mass is 16.1. The first-order valence-corrected chi connectivity index (χ1v) is 9.24. The molecule has 0 atom stereocenters. The second-order valence-electron chi connectivity index (χ2n) is 6.70. The zero-order chi connectivity index (χ0) is 19.1. The van der Waals surface area contributed by atoms with Gasteiger partial charge in [0.1, 0.15) is 0 Å². The Labute approximate surface area is 160 Å². The van der Waals surface area contributed by atoms with Gasteiger partial charge in [-0.1, -0.05) is 48.5 Å². The number of anilines is 2. The van der Waals surface area contributed by atoms with Gasteiger partial charge in [-0.2, -0.15) is 0 Å². The van der Waals surface area contributed by atoms with Crippen LogP contribution in [-0.2, 0) is 6.42 Å². The Bertz CT molecular complexity index is 886. The van der Waals surface area contributed by atoms with Gasteiger partial charge in [-0.15, -0.1) is 0 Å². The molecule has 0 aliphatic heterocycles. The van der Waals surface area contributed by atoms with E-state index in [1.54, 1.807) is 12.4 Å². The van der Waals surface area contributed by atoms with E-state index in [1.807, 2.05) is 44.2 Å². The molecule has 1 heterocycles. The molecule has 0 unspecified atom stereocenters. The number of hydrogen-bond acceptors (Lipinski definition) is 3. The molecule has 0 saturated heterocycles. The molecule has 3 aromatic rings. The third kappa shape index (κ3) is 5.17. The van der Waals surface area contributed by atoms with Crippen LogP contribution in [0, 0.1) is 13.8 Å². The minimum absolute atomic E-state index is 0.146. The van der Waals surface area contributed by atoms with Gasteiger partial charge < -0.3 is 10.6 Å². The number of rotatable bonds is 7. The molecule has 27 heavy (non-hydrogen) atoms. The average Bonchev–Trinajstić information content (AvgIpc) is 2.69. The number of carbonyl (C=O) groups excluding carboxylic acids is 1. The number of pyridine rings is 1. The van der Waals surface area contributed by atoms with Crippen molar-refractivity contribution in [2.75, 3.05) is 17.2 Å². The number of carbonyl (C=O) groups is 1. The predicted octanol–water partition coefficient (Wildman–Crippen LogP) is 5.00. The van der Waals surface area contributed by atoms with E-state index in [0.717, 1.165) is 41.9 Å². The fourth-order valence-corrected chi connectivity index (χ4v) is 3.03. The number of benzene rings is 2. The molecule has 3 rings (SSSR count). The van der Waals surface area contributed by atoms with E-state index in [2.05, 4.69) is 39.9 Å². The summed E-state index contributed by atoms with van der Waals surface area (Å²) < 4.78 is 0. The first kappa shape index (κ1) is 18.6. The van der Waals surface area contributed by atoms with E-state index in [9.17, 15) is 4.79 Å². The first-order chi connectivity index (χ1) is 13.1. The van der Waals surface area contributed by atoms with Crippen molar-refractivity contribution in [2.45, 2.75) is 26.7 Å². The average molecular weight is 359 g/mol. The lowest BCUT2D eigenvalue weighted by Crippen LogP contribution is -2.14. The van der Waals surface area contributed by atoms with Crippen molar-refractivity contribution in [3.05, 3.63) is 89.2 Å². The minimum atomic E-state index is -0.146. The highest BCUT2D eigenvalue weighted by Gasteiger charge is 2.10. The molecular weight excluding hydrogens is 334 g/mol. The molecular formula is C23H25N3O. The van der Waals surface area contributed by atoms with Crippen molar-refractivity contribution in [1.82, 2.24) is 4.98 Å². The van der Waals surface area contributed by atoms with Crippen molar-refractivity contribution < 1.29 is 4.79 Å². The van der Waals surface area contributed by atoms with Crippen LogP contribution >= 0.6 is 0 Å². The number of amides is 1. The monoisotopic (exact) mass is 359 g/mol. The summed E-state index contributed by atoms with van der Waals surface area (Å²) in [6.45, 7) is 4.82. The summed E-state index contributed by atoms with van der Waals surface area (Å²) in [7, 11) is 0. The summed E-state index contributed by atoms with van der Waals surface area (Å²) in [5.74, 6) is -0.146.